The fourth-order valence-corrected chi connectivity index (χ4v) is 3.71. The average Bonchev–Trinajstić information content (AvgIpc) is 3.08. The lowest BCUT2D eigenvalue weighted by Gasteiger charge is -2.19. The zero-order chi connectivity index (χ0) is 20.5. The van der Waals surface area contributed by atoms with E-state index in [1.807, 2.05) is 36.1 Å². The summed E-state index contributed by atoms with van der Waals surface area (Å²) < 4.78 is 26.5. The highest BCUT2D eigenvalue weighted by Gasteiger charge is 2.17. The number of rotatable bonds is 5. The SMILES string of the molecule is CCS(=O)(=O)c1ccc(Nc2ccc(C(C)(C)C)cn2)c(-c2cn(C)cn2)c1. The van der Waals surface area contributed by atoms with Crippen molar-refractivity contribution in [1.29, 1.82) is 0 Å². The number of benzene rings is 1. The van der Waals surface area contributed by atoms with E-state index < -0.39 is 9.84 Å². The van der Waals surface area contributed by atoms with Gasteiger partial charge < -0.3 is 9.88 Å². The normalized spacial score (nSPS) is 12.2. The molecule has 3 rings (SSSR count). The van der Waals surface area contributed by atoms with Gasteiger partial charge >= 0.3 is 0 Å². The van der Waals surface area contributed by atoms with E-state index in [2.05, 4.69) is 36.1 Å². The van der Waals surface area contributed by atoms with Crippen molar-refractivity contribution in [2.45, 2.75) is 38.0 Å². The van der Waals surface area contributed by atoms with Crippen molar-refractivity contribution in [3.8, 4) is 11.3 Å². The fraction of sp³-hybridized carbons (Fsp3) is 0.333. The van der Waals surface area contributed by atoms with Crippen molar-refractivity contribution in [2.75, 3.05) is 11.1 Å². The smallest absolute Gasteiger partial charge is 0.178 e. The third kappa shape index (κ3) is 4.25. The van der Waals surface area contributed by atoms with E-state index in [1.165, 1.54) is 0 Å². The first-order valence-electron chi connectivity index (χ1n) is 9.19. The number of aryl methyl sites for hydroxylation is 1. The van der Waals surface area contributed by atoms with Crippen molar-refractivity contribution in [2.24, 2.45) is 7.05 Å². The molecular formula is C21H26N4O2S. The first-order valence-corrected chi connectivity index (χ1v) is 10.8. The van der Waals surface area contributed by atoms with Crippen LogP contribution in [0.3, 0.4) is 0 Å². The van der Waals surface area contributed by atoms with Crippen LogP contribution >= 0.6 is 0 Å². The molecule has 148 valence electrons. The second-order valence-electron chi connectivity index (χ2n) is 7.84. The Morgan fingerprint density at radius 1 is 1.11 bits per heavy atom. The van der Waals surface area contributed by atoms with Crippen LogP contribution in [-0.2, 0) is 22.3 Å². The summed E-state index contributed by atoms with van der Waals surface area (Å²) in [5.41, 5.74) is 3.35. The molecule has 0 bridgehead atoms. The predicted octanol–water partition coefficient (Wildman–Crippen LogP) is 4.32. The van der Waals surface area contributed by atoms with Gasteiger partial charge in [0.1, 0.15) is 5.82 Å². The number of pyridine rings is 1. The standard InChI is InChI=1S/C21H26N4O2S/c1-6-28(26,27)16-8-9-18(17(11-16)19-13-25(5)14-23-19)24-20-10-7-15(12-22-20)21(2,3)4/h7-14H,6H2,1-5H3,(H,22,24). The van der Waals surface area contributed by atoms with E-state index in [9.17, 15) is 8.42 Å². The van der Waals surface area contributed by atoms with Crippen LogP contribution in [0.2, 0.25) is 0 Å². The number of anilines is 2. The minimum absolute atomic E-state index is 0.0286. The first kappa shape index (κ1) is 20.1. The zero-order valence-corrected chi connectivity index (χ0v) is 17.7. The quantitative estimate of drug-likeness (QED) is 0.693. The van der Waals surface area contributed by atoms with Gasteiger partial charge in [0.15, 0.2) is 9.84 Å². The maximum absolute atomic E-state index is 12.3. The molecule has 1 aromatic carbocycles. The Balaban J connectivity index is 2.03. The van der Waals surface area contributed by atoms with Gasteiger partial charge in [0.05, 0.1) is 22.7 Å². The van der Waals surface area contributed by atoms with E-state index in [-0.39, 0.29) is 16.1 Å². The largest absolute Gasteiger partial charge is 0.340 e. The average molecular weight is 399 g/mol. The molecule has 0 fully saturated rings. The molecular weight excluding hydrogens is 372 g/mol. The summed E-state index contributed by atoms with van der Waals surface area (Å²) in [5.74, 6) is 0.744. The summed E-state index contributed by atoms with van der Waals surface area (Å²) in [7, 11) is -1.43. The number of nitrogens with one attached hydrogen (secondary N) is 1. The van der Waals surface area contributed by atoms with Crippen molar-refractivity contribution in [1.82, 2.24) is 14.5 Å². The molecule has 0 unspecified atom stereocenters. The second kappa shape index (κ2) is 7.39. The van der Waals surface area contributed by atoms with Gasteiger partial charge in [0.25, 0.3) is 0 Å². The third-order valence-electron chi connectivity index (χ3n) is 4.60. The fourth-order valence-electron chi connectivity index (χ4n) is 2.81. The predicted molar refractivity (Wildman–Crippen MR) is 113 cm³/mol. The molecule has 7 heteroatoms. The number of hydrogen-bond donors (Lipinski definition) is 1. The van der Waals surface area contributed by atoms with Gasteiger partial charge in [0, 0.05) is 30.7 Å². The van der Waals surface area contributed by atoms with Crippen molar-refractivity contribution in [3.05, 3.63) is 54.6 Å². The Morgan fingerprint density at radius 3 is 2.39 bits per heavy atom. The van der Waals surface area contributed by atoms with E-state index in [0.29, 0.717) is 11.5 Å². The molecule has 0 spiro atoms. The summed E-state index contributed by atoms with van der Waals surface area (Å²) in [6.45, 7) is 8.07. The molecule has 0 aliphatic rings. The van der Waals surface area contributed by atoms with Gasteiger partial charge in [-0.2, -0.15) is 0 Å². The Bertz CT molecular complexity index is 1080. The molecule has 0 saturated carbocycles. The van der Waals surface area contributed by atoms with E-state index in [1.54, 1.807) is 31.5 Å². The van der Waals surface area contributed by atoms with Crippen LogP contribution in [0.4, 0.5) is 11.5 Å². The topological polar surface area (TPSA) is 76.9 Å². The number of nitrogens with zero attached hydrogens (tertiary/aromatic N) is 3. The molecule has 6 nitrogen and oxygen atoms in total. The second-order valence-corrected chi connectivity index (χ2v) is 10.1. The first-order chi connectivity index (χ1) is 13.1. The Labute approximate surface area is 166 Å². The summed E-state index contributed by atoms with van der Waals surface area (Å²) in [5, 5.41) is 3.30. The van der Waals surface area contributed by atoms with Crippen LogP contribution in [0.25, 0.3) is 11.3 Å². The lowest BCUT2D eigenvalue weighted by Crippen LogP contribution is -2.11. The molecule has 0 aliphatic heterocycles. The molecule has 28 heavy (non-hydrogen) atoms. The van der Waals surface area contributed by atoms with Crippen LogP contribution in [-0.4, -0.2) is 28.7 Å². The number of hydrogen-bond acceptors (Lipinski definition) is 5. The highest BCUT2D eigenvalue weighted by molar-refractivity contribution is 7.91. The van der Waals surface area contributed by atoms with Crippen LogP contribution < -0.4 is 5.32 Å². The Morgan fingerprint density at radius 2 is 1.86 bits per heavy atom. The molecule has 3 aromatic rings. The molecule has 0 atom stereocenters. The van der Waals surface area contributed by atoms with Crippen molar-refractivity contribution < 1.29 is 8.42 Å². The summed E-state index contributed by atoms with van der Waals surface area (Å²) in [6, 6.07) is 9.04. The third-order valence-corrected chi connectivity index (χ3v) is 6.34. The maximum Gasteiger partial charge on any atom is 0.178 e. The van der Waals surface area contributed by atoms with Gasteiger partial charge in [-0.1, -0.05) is 33.8 Å². The van der Waals surface area contributed by atoms with Gasteiger partial charge in [-0.3, -0.25) is 0 Å². The van der Waals surface area contributed by atoms with Crippen LogP contribution in [0.1, 0.15) is 33.3 Å². The van der Waals surface area contributed by atoms with Gasteiger partial charge in [-0.05, 0) is 35.2 Å². The lowest BCUT2D eigenvalue weighted by molar-refractivity contribution is 0.587. The van der Waals surface area contributed by atoms with Crippen molar-refractivity contribution in [3.63, 3.8) is 0 Å². The van der Waals surface area contributed by atoms with Crippen LogP contribution in [0, 0.1) is 0 Å². The summed E-state index contributed by atoms with van der Waals surface area (Å²) in [4.78, 5) is 9.19. The highest BCUT2D eigenvalue weighted by Crippen LogP contribution is 2.32. The van der Waals surface area contributed by atoms with Gasteiger partial charge in [-0.15, -0.1) is 0 Å². The van der Waals surface area contributed by atoms with Crippen LogP contribution in [0.15, 0.2) is 53.9 Å². The number of aromatic nitrogens is 3. The molecule has 2 aromatic heterocycles. The molecule has 0 radical (unpaired) electrons. The molecule has 0 saturated heterocycles. The van der Waals surface area contributed by atoms with Gasteiger partial charge in [-0.25, -0.2) is 18.4 Å². The zero-order valence-electron chi connectivity index (χ0n) is 16.9. The minimum atomic E-state index is -3.31. The lowest BCUT2D eigenvalue weighted by atomic mass is 9.88. The summed E-state index contributed by atoms with van der Waals surface area (Å²) >= 11 is 0. The number of imidazole rings is 1. The summed E-state index contributed by atoms with van der Waals surface area (Å²) in [6.07, 6.45) is 5.41. The Hall–Kier alpha value is -2.67. The molecule has 0 amide bonds. The number of sulfone groups is 1. The van der Waals surface area contributed by atoms with Gasteiger partial charge in [0.2, 0.25) is 0 Å². The molecule has 0 aliphatic carbocycles. The van der Waals surface area contributed by atoms with Crippen molar-refractivity contribution >= 4 is 21.3 Å². The van der Waals surface area contributed by atoms with E-state index >= 15 is 0 Å². The molecule has 2 heterocycles. The Kier molecular flexibility index (Phi) is 5.30. The molecule has 1 N–H and O–H groups in total. The maximum atomic E-state index is 12.3. The van der Waals surface area contributed by atoms with Crippen LogP contribution in [0.5, 0.6) is 0 Å². The van der Waals surface area contributed by atoms with E-state index in [0.717, 1.165) is 16.8 Å². The highest BCUT2D eigenvalue weighted by atomic mass is 32.2. The monoisotopic (exact) mass is 398 g/mol. The minimum Gasteiger partial charge on any atom is -0.340 e. The van der Waals surface area contributed by atoms with E-state index in [4.69, 9.17) is 0 Å².